The maximum absolute atomic E-state index is 10.3. The van der Waals surface area contributed by atoms with E-state index in [0.717, 1.165) is 38.5 Å². The largest absolute Gasteiger partial charge is 0.481 e. The summed E-state index contributed by atoms with van der Waals surface area (Å²) in [7, 11) is 0. The van der Waals surface area contributed by atoms with Crippen LogP contribution in [0.15, 0.2) is 60.8 Å². The molecule has 0 fully saturated rings. The molecule has 2 heteroatoms. The fraction of sp³-hybridized carbons (Fsp3) is 0.450. The van der Waals surface area contributed by atoms with Crippen molar-refractivity contribution in [2.75, 3.05) is 0 Å². The molecule has 0 spiro atoms. The fourth-order valence-corrected chi connectivity index (χ4v) is 1.71. The van der Waals surface area contributed by atoms with Gasteiger partial charge in [-0.1, -0.05) is 74.1 Å². The third-order valence-corrected chi connectivity index (χ3v) is 2.92. The highest BCUT2D eigenvalue weighted by molar-refractivity contribution is 5.66. The molecule has 0 atom stereocenters. The van der Waals surface area contributed by atoms with Gasteiger partial charge in [0.15, 0.2) is 0 Å². The van der Waals surface area contributed by atoms with Gasteiger partial charge in [0, 0.05) is 6.42 Å². The van der Waals surface area contributed by atoms with E-state index in [9.17, 15) is 4.79 Å². The Morgan fingerprint density at radius 3 is 1.95 bits per heavy atom. The van der Waals surface area contributed by atoms with Gasteiger partial charge in [0.25, 0.3) is 0 Å². The predicted octanol–water partition coefficient (Wildman–Crippen LogP) is 5.99. The minimum atomic E-state index is -0.713. The Morgan fingerprint density at radius 2 is 1.32 bits per heavy atom. The van der Waals surface area contributed by atoms with Gasteiger partial charge in [0.05, 0.1) is 0 Å². The van der Waals surface area contributed by atoms with Gasteiger partial charge >= 0.3 is 5.97 Å². The van der Waals surface area contributed by atoms with Crippen molar-refractivity contribution in [2.24, 2.45) is 0 Å². The number of rotatable bonds is 13. The maximum Gasteiger partial charge on any atom is 0.303 e. The molecule has 122 valence electrons. The van der Waals surface area contributed by atoms with Crippen LogP contribution in [0.1, 0.15) is 58.3 Å². The molecule has 0 aromatic carbocycles. The predicted molar refractivity (Wildman–Crippen MR) is 95.9 cm³/mol. The lowest BCUT2D eigenvalue weighted by Crippen LogP contribution is -1.92. The second-order valence-electron chi connectivity index (χ2n) is 5.07. The molecule has 1 N–H and O–H groups in total. The highest BCUT2D eigenvalue weighted by Gasteiger charge is 1.92. The van der Waals surface area contributed by atoms with Gasteiger partial charge in [-0.3, -0.25) is 4.79 Å². The summed E-state index contributed by atoms with van der Waals surface area (Å²) in [5.41, 5.74) is 0. The van der Waals surface area contributed by atoms with E-state index in [2.05, 4.69) is 67.7 Å². The lowest BCUT2D eigenvalue weighted by Gasteiger charge is -1.90. The minimum Gasteiger partial charge on any atom is -0.481 e. The number of hydrogen-bond acceptors (Lipinski definition) is 1. The third-order valence-electron chi connectivity index (χ3n) is 2.92. The number of unbranched alkanes of at least 4 members (excludes halogenated alkanes) is 3. The molecule has 0 heterocycles. The molecule has 0 saturated carbocycles. The second kappa shape index (κ2) is 17.2. The van der Waals surface area contributed by atoms with Crippen molar-refractivity contribution in [1.29, 1.82) is 0 Å². The van der Waals surface area contributed by atoms with Crippen molar-refractivity contribution in [3.05, 3.63) is 60.8 Å². The number of carbonyl (C=O) groups is 1. The summed E-state index contributed by atoms with van der Waals surface area (Å²) in [6.07, 6.45) is 28.4. The quantitative estimate of drug-likeness (QED) is 0.258. The van der Waals surface area contributed by atoms with Gasteiger partial charge in [0.2, 0.25) is 0 Å². The Bertz CT molecular complexity index is 398. The van der Waals surface area contributed by atoms with Crippen LogP contribution in [-0.4, -0.2) is 11.1 Å². The molecule has 0 aromatic heterocycles. The molecule has 0 unspecified atom stereocenters. The zero-order valence-electron chi connectivity index (χ0n) is 13.8. The molecule has 0 aliphatic carbocycles. The normalized spacial score (nSPS) is 12.8. The van der Waals surface area contributed by atoms with E-state index in [4.69, 9.17) is 5.11 Å². The van der Waals surface area contributed by atoms with Crippen molar-refractivity contribution in [1.82, 2.24) is 0 Å². The van der Waals surface area contributed by atoms with Crippen LogP contribution in [-0.2, 0) is 4.79 Å². The Kier molecular flexibility index (Phi) is 15.8. The molecule has 0 aliphatic heterocycles. The van der Waals surface area contributed by atoms with Crippen LogP contribution in [0.4, 0.5) is 0 Å². The summed E-state index contributed by atoms with van der Waals surface area (Å²) >= 11 is 0. The Morgan fingerprint density at radius 1 is 0.773 bits per heavy atom. The molecule has 22 heavy (non-hydrogen) atoms. The molecule has 0 amide bonds. The van der Waals surface area contributed by atoms with Crippen LogP contribution >= 0.6 is 0 Å². The number of hydrogen-bond donors (Lipinski definition) is 1. The first-order valence-electron chi connectivity index (χ1n) is 8.27. The van der Waals surface area contributed by atoms with E-state index in [1.54, 1.807) is 0 Å². The first-order chi connectivity index (χ1) is 10.8. The topological polar surface area (TPSA) is 37.3 Å². The first-order valence-corrected chi connectivity index (χ1v) is 8.27. The number of carboxylic acids is 1. The van der Waals surface area contributed by atoms with E-state index < -0.39 is 5.97 Å². The summed E-state index contributed by atoms with van der Waals surface area (Å²) < 4.78 is 0. The van der Waals surface area contributed by atoms with Crippen LogP contribution in [0.5, 0.6) is 0 Å². The van der Waals surface area contributed by atoms with E-state index >= 15 is 0 Å². The molecule has 0 aromatic rings. The van der Waals surface area contributed by atoms with Crippen molar-refractivity contribution in [3.63, 3.8) is 0 Å². The standard InChI is InChI=1S/C20H30O2/c1-2-3-4-5-6-7-8-9-10-11-12-13-14-15-16-17-18-19-20(21)22/h4-7,9-12,15-16H,2-3,8,13-14,17-19H2,1H3,(H,21,22). The second-order valence-corrected chi connectivity index (χ2v) is 5.07. The van der Waals surface area contributed by atoms with E-state index in [1.165, 1.54) is 6.42 Å². The van der Waals surface area contributed by atoms with Crippen molar-refractivity contribution in [3.8, 4) is 0 Å². The number of allylic oxidation sites excluding steroid dienone is 10. The Labute approximate surface area is 135 Å². The van der Waals surface area contributed by atoms with Crippen LogP contribution < -0.4 is 0 Å². The minimum absolute atomic E-state index is 0.262. The molecule has 2 nitrogen and oxygen atoms in total. The van der Waals surface area contributed by atoms with E-state index in [-0.39, 0.29) is 6.42 Å². The van der Waals surface area contributed by atoms with Crippen LogP contribution in [0.2, 0.25) is 0 Å². The highest BCUT2D eigenvalue weighted by Crippen LogP contribution is 2.00. The average Bonchev–Trinajstić information content (AvgIpc) is 2.50. The zero-order valence-corrected chi connectivity index (χ0v) is 13.8. The van der Waals surface area contributed by atoms with Gasteiger partial charge in [0.1, 0.15) is 0 Å². The molecule has 0 aliphatic rings. The summed E-state index contributed by atoms with van der Waals surface area (Å²) in [5.74, 6) is -0.713. The maximum atomic E-state index is 10.3. The SMILES string of the molecule is CCCC=CC=CCC=CC=CCCC=CCCCC(=O)O. The Balaban J connectivity index is 3.48. The highest BCUT2D eigenvalue weighted by atomic mass is 16.4. The molecular formula is C20H30O2. The fourth-order valence-electron chi connectivity index (χ4n) is 1.71. The van der Waals surface area contributed by atoms with Gasteiger partial charge in [-0.05, 0) is 38.5 Å². The van der Waals surface area contributed by atoms with Crippen molar-refractivity contribution in [2.45, 2.75) is 58.3 Å². The van der Waals surface area contributed by atoms with E-state index in [1.807, 2.05) is 0 Å². The van der Waals surface area contributed by atoms with Crippen LogP contribution in [0, 0.1) is 0 Å². The number of carboxylic acid groups (broad SMARTS) is 1. The average molecular weight is 302 g/mol. The zero-order chi connectivity index (χ0) is 16.3. The Hall–Kier alpha value is -1.83. The molecular weight excluding hydrogens is 272 g/mol. The summed E-state index contributed by atoms with van der Waals surface area (Å²) in [5, 5.41) is 8.49. The third kappa shape index (κ3) is 18.2. The van der Waals surface area contributed by atoms with Crippen molar-refractivity contribution < 1.29 is 9.90 Å². The van der Waals surface area contributed by atoms with Crippen LogP contribution in [0.25, 0.3) is 0 Å². The molecule has 0 saturated heterocycles. The van der Waals surface area contributed by atoms with Crippen LogP contribution in [0.3, 0.4) is 0 Å². The summed E-state index contributed by atoms with van der Waals surface area (Å²) in [6.45, 7) is 2.18. The monoisotopic (exact) mass is 302 g/mol. The van der Waals surface area contributed by atoms with Gasteiger partial charge in [-0.2, -0.15) is 0 Å². The van der Waals surface area contributed by atoms with Crippen molar-refractivity contribution >= 4 is 5.97 Å². The number of aliphatic carboxylic acids is 1. The van der Waals surface area contributed by atoms with Gasteiger partial charge in [-0.25, -0.2) is 0 Å². The van der Waals surface area contributed by atoms with Gasteiger partial charge in [-0.15, -0.1) is 0 Å². The summed E-state index contributed by atoms with van der Waals surface area (Å²) in [6, 6.07) is 0. The molecule has 0 rings (SSSR count). The smallest absolute Gasteiger partial charge is 0.303 e. The molecule has 0 radical (unpaired) electrons. The van der Waals surface area contributed by atoms with Gasteiger partial charge < -0.3 is 5.11 Å². The summed E-state index contributed by atoms with van der Waals surface area (Å²) in [4.78, 5) is 10.3. The van der Waals surface area contributed by atoms with E-state index in [0.29, 0.717) is 0 Å². The lowest BCUT2D eigenvalue weighted by molar-refractivity contribution is -0.137. The molecule has 0 bridgehead atoms. The lowest BCUT2D eigenvalue weighted by atomic mass is 10.2. The first kappa shape index (κ1) is 20.2.